The van der Waals surface area contributed by atoms with Crippen LogP contribution in [0.5, 0.6) is 5.75 Å². The van der Waals surface area contributed by atoms with Crippen molar-refractivity contribution < 1.29 is 23.8 Å². The van der Waals surface area contributed by atoms with Crippen LogP contribution in [-0.4, -0.2) is 32.7 Å². The topological polar surface area (TPSA) is 66.8 Å². The Morgan fingerprint density at radius 2 is 1.81 bits per heavy atom. The summed E-state index contributed by atoms with van der Waals surface area (Å²) in [5, 5.41) is 10.9. The highest BCUT2D eigenvalue weighted by Gasteiger charge is 2.33. The molecule has 1 aliphatic rings. The summed E-state index contributed by atoms with van der Waals surface area (Å²) in [6, 6.07) is 17.6. The number of halogens is 1. The fraction of sp³-hybridized carbons (Fsp3) is 0.0870. The lowest BCUT2D eigenvalue weighted by Gasteiger charge is -2.10. The van der Waals surface area contributed by atoms with E-state index in [4.69, 9.17) is 22.1 Å². The first-order valence-corrected chi connectivity index (χ1v) is 10.5. The van der Waals surface area contributed by atoms with E-state index in [9.17, 15) is 14.0 Å². The van der Waals surface area contributed by atoms with Gasteiger partial charge in [0, 0.05) is 0 Å². The standard InChI is InChI=1S/C23H16FNO4S2/c24-18-6-2-14(3-7-18)13-29-19-8-5-16-9-15(1-4-17(16)11-19)10-20-22(28)25(12-21(26)27)23(30)31-20/h1-11H,12-13H2,(H,26,27)/b20-10-. The fourth-order valence-electron chi connectivity index (χ4n) is 3.09. The highest BCUT2D eigenvalue weighted by Crippen LogP contribution is 2.33. The van der Waals surface area contributed by atoms with E-state index >= 15 is 0 Å². The van der Waals surface area contributed by atoms with Gasteiger partial charge in [0.15, 0.2) is 0 Å². The number of benzene rings is 3. The van der Waals surface area contributed by atoms with Gasteiger partial charge >= 0.3 is 5.97 Å². The maximum absolute atomic E-state index is 13.0. The molecule has 1 fully saturated rings. The van der Waals surface area contributed by atoms with Crippen LogP contribution >= 0.6 is 24.0 Å². The zero-order chi connectivity index (χ0) is 22.0. The Hall–Kier alpha value is -3.23. The Bertz CT molecular complexity index is 1220. The number of carbonyl (C=O) groups excluding carboxylic acids is 1. The van der Waals surface area contributed by atoms with Crippen molar-refractivity contribution in [2.75, 3.05) is 6.54 Å². The second-order valence-electron chi connectivity index (χ2n) is 6.85. The van der Waals surface area contributed by atoms with Crippen molar-refractivity contribution in [3.63, 3.8) is 0 Å². The van der Waals surface area contributed by atoms with Crippen LogP contribution < -0.4 is 4.74 Å². The zero-order valence-corrected chi connectivity index (χ0v) is 17.7. The largest absolute Gasteiger partial charge is 0.489 e. The highest BCUT2D eigenvalue weighted by molar-refractivity contribution is 8.26. The predicted molar refractivity (Wildman–Crippen MR) is 122 cm³/mol. The summed E-state index contributed by atoms with van der Waals surface area (Å²) in [6.45, 7) is -0.109. The smallest absolute Gasteiger partial charge is 0.323 e. The molecular weight excluding hydrogens is 437 g/mol. The van der Waals surface area contributed by atoms with Crippen molar-refractivity contribution in [2.45, 2.75) is 6.61 Å². The first kappa shape index (κ1) is 21.0. The highest BCUT2D eigenvalue weighted by atomic mass is 32.2. The lowest BCUT2D eigenvalue weighted by Crippen LogP contribution is -2.33. The molecule has 5 nitrogen and oxygen atoms in total. The minimum Gasteiger partial charge on any atom is -0.489 e. The third-order valence-corrected chi connectivity index (χ3v) is 6.00. The van der Waals surface area contributed by atoms with Crippen molar-refractivity contribution in [2.24, 2.45) is 0 Å². The average Bonchev–Trinajstić information content (AvgIpc) is 3.00. The minimum atomic E-state index is -1.11. The van der Waals surface area contributed by atoms with Crippen LogP contribution in [0.25, 0.3) is 16.8 Å². The molecule has 1 aliphatic heterocycles. The molecule has 4 rings (SSSR count). The van der Waals surface area contributed by atoms with Gasteiger partial charge in [-0.05, 0) is 58.3 Å². The molecule has 8 heteroatoms. The van der Waals surface area contributed by atoms with Crippen LogP contribution in [0.2, 0.25) is 0 Å². The third-order valence-electron chi connectivity index (χ3n) is 4.62. The molecule has 1 saturated heterocycles. The molecular formula is C23H16FNO4S2. The summed E-state index contributed by atoms with van der Waals surface area (Å²) in [5.74, 6) is -1.10. The van der Waals surface area contributed by atoms with E-state index in [1.54, 1.807) is 18.2 Å². The van der Waals surface area contributed by atoms with Gasteiger partial charge in [0.2, 0.25) is 0 Å². The molecule has 3 aromatic rings. The molecule has 156 valence electrons. The molecule has 1 amide bonds. The Labute approximate surface area is 187 Å². The van der Waals surface area contributed by atoms with Crippen molar-refractivity contribution in [3.05, 3.63) is 82.5 Å². The lowest BCUT2D eigenvalue weighted by atomic mass is 10.1. The lowest BCUT2D eigenvalue weighted by molar-refractivity contribution is -0.140. The van der Waals surface area contributed by atoms with Gasteiger partial charge in [-0.2, -0.15) is 0 Å². The van der Waals surface area contributed by atoms with E-state index in [-0.39, 0.29) is 10.1 Å². The number of thiocarbonyl (C=S) groups is 1. The summed E-state index contributed by atoms with van der Waals surface area (Å²) >= 11 is 6.21. The first-order chi connectivity index (χ1) is 14.9. The van der Waals surface area contributed by atoms with Gasteiger partial charge in [-0.1, -0.05) is 54.3 Å². The molecule has 0 radical (unpaired) electrons. The van der Waals surface area contributed by atoms with E-state index < -0.39 is 18.4 Å². The summed E-state index contributed by atoms with van der Waals surface area (Å²) in [4.78, 5) is 24.8. The van der Waals surface area contributed by atoms with Gasteiger partial charge in [0.1, 0.15) is 29.0 Å². The quantitative estimate of drug-likeness (QED) is 0.425. The molecule has 0 spiro atoms. The van der Waals surface area contributed by atoms with E-state index in [0.29, 0.717) is 17.3 Å². The van der Waals surface area contributed by atoms with Crippen molar-refractivity contribution >= 4 is 57.0 Å². The number of amides is 1. The SMILES string of the molecule is O=C(O)CN1C(=O)/C(=C/c2ccc3cc(OCc4ccc(F)cc4)ccc3c2)SC1=S. The molecule has 0 aromatic heterocycles. The predicted octanol–water partition coefficient (Wildman–Crippen LogP) is 4.84. The third kappa shape index (κ3) is 4.92. The number of aliphatic carboxylic acids is 1. The molecule has 3 aromatic carbocycles. The monoisotopic (exact) mass is 453 g/mol. The van der Waals surface area contributed by atoms with Crippen LogP contribution in [0.15, 0.2) is 65.6 Å². The molecule has 0 unspecified atom stereocenters. The number of rotatable bonds is 6. The maximum atomic E-state index is 13.0. The van der Waals surface area contributed by atoms with Gasteiger partial charge in [-0.25, -0.2) is 4.39 Å². The normalized spacial score (nSPS) is 15.1. The van der Waals surface area contributed by atoms with Crippen molar-refractivity contribution in [3.8, 4) is 5.75 Å². The summed E-state index contributed by atoms with van der Waals surface area (Å²) < 4.78 is 19.0. The van der Waals surface area contributed by atoms with Crippen molar-refractivity contribution in [1.29, 1.82) is 0 Å². The number of nitrogens with zero attached hydrogens (tertiary/aromatic N) is 1. The van der Waals surface area contributed by atoms with Gasteiger partial charge in [-0.15, -0.1) is 0 Å². The molecule has 0 aliphatic carbocycles. The van der Waals surface area contributed by atoms with E-state index in [1.165, 1.54) is 12.1 Å². The Morgan fingerprint density at radius 3 is 2.55 bits per heavy atom. The molecule has 1 N–H and O–H groups in total. The summed E-state index contributed by atoms with van der Waals surface area (Å²) in [5.41, 5.74) is 1.68. The molecule has 0 saturated carbocycles. The first-order valence-electron chi connectivity index (χ1n) is 9.27. The summed E-state index contributed by atoms with van der Waals surface area (Å²) in [7, 11) is 0. The van der Waals surface area contributed by atoms with Crippen LogP contribution in [-0.2, 0) is 16.2 Å². The van der Waals surface area contributed by atoms with Crippen LogP contribution in [0, 0.1) is 5.82 Å². The van der Waals surface area contributed by atoms with E-state index in [0.717, 1.165) is 38.6 Å². The molecule has 31 heavy (non-hydrogen) atoms. The van der Waals surface area contributed by atoms with Crippen LogP contribution in [0.4, 0.5) is 4.39 Å². The fourth-order valence-corrected chi connectivity index (χ4v) is 4.35. The average molecular weight is 454 g/mol. The zero-order valence-electron chi connectivity index (χ0n) is 16.1. The molecule has 0 bridgehead atoms. The second kappa shape index (κ2) is 8.87. The Morgan fingerprint density at radius 1 is 1.10 bits per heavy atom. The number of carbonyl (C=O) groups is 2. The van der Waals surface area contributed by atoms with Crippen molar-refractivity contribution in [1.82, 2.24) is 4.90 Å². The van der Waals surface area contributed by atoms with Crippen LogP contribution in [0.3, 0.4) is 0 Å². The number of carboxylic acid groups (broad SMARTS) is 1. The summed E-state index contributed by atoms with van der Waals surface area (Å²) in [6.07, 6.45) is 1.71. The number of carboxylic acids is 1. The Balaban J connectivity index is 1.50. The van der Waals surface area contributed by atoms with E-state index in [2.05, 4.69) is 0 Å². The molecule has 1 heterocycles. The van der Waals surface area contributed by atoms with Gasteiger partial charge in [0.25, 0.3) is 5.91 Å². The minimum absolute atomic E-state index is 0.238. The van der Waals surface area contributed by atoms with Gasteiger partial charge in [0.05, 0.1) is 4.91 Å². The number of hydrogen-bond acceptors (Lipinski definition) is 5. The van der Waals surface area contributed by atoms with Gasteiger partial charge in [-0.3, -0.25) is 14.5 Å². The molecule has 0 atom stereocenters. The van der Waals surface area contributed by atoms with Gasteiger partial charge < -0.3 is 9.84 Å². The number of hydrogen-bond donors (Lipinski definition) is 1. The number of ether oxygens (including phenoxy) is 1. The number of thioether (sulfide) groups is 1. The van der Waals surface area contributed by atoms with E-state index in [1.807, 2.05) is 36.4 Å². The number of fused-ring (bicyclic) bond motifs is 1. The Kier molecular flexibility index (Phi) is 6.01. The second-order valence-corrected chi connectivity index (χ2v) is 8.52. The maximum Gasteiger partial charge on any atom is 0.323 e. The van der Waals surface area contributed by atoms with Crippen LogP contribution in [0.1, 0.15) is 11.1 Å².